The van der Waals surface area contributed by atoms with E-state index in [0.717, 1.165) is 30.8 Å². The van der Waals surface area contributed by atoms with Crippen LogP contribution in [0.15, 0.2) is 24.3 Å². The Hall–Kier alpha value is -1.51. The number of nitrogens with two attached hydrogens (primary N) is 1. The molecule has 0 saturated carbocycles. The van der Waals surface area contributed by atoms with Gasteiger partial charge >= 0.3 is 0 Å². The van der Waals surface area contributed by atoms with Crippen LogP contribution in [0, 0.1) is 11.8 Å². The van der Waals surface area contributed by atoms with Crippen LogP contribution >= 0.6 is 0 Å². The first-order chi connectivity index (χ1) is 8.56. The first kappa shape index (κ1) is 12.9. The summed E-state index contributed by atoms with van der Waals surface area (Å²) < 4.78 is 0. The van der Waals surface area contributed by atoms with E-state index in [9.17, 15) is 4.79 Å². The predicted octanol–water partition coefficient (Wildman–Crippen LogP) is 2.32. The molecule has 3 heteroatoms. The van der Waals surface area contributed by atoms with Crippen LogP contribution in [0.25, 0.3) is 0 Å². The molecule has 0 radical (unpaired) electrons. The van der Waals surface area contributed by atoms with Gasteiger partial charge in [-0.05, 0) is 36.0 Å². The minimum Gasteiger partial charge on any atom is -0.399 e. The van der Waals surface area contributed by atoms with Crippen LogP contribution in [0.1, 0.15) is 25.8 Å². The van der Waals surface area contributed by atoms with Gasteiger partial charge in [0.1, 0.15) is 0 Å². The van der Waals surface area contributed by atoms with Gasteiger partial charge in [-0.2, -0.15) is 0 Å². The second-order valence-corrected chi connectivity index (χ2v) is 5.55. The van der Waals surface area contributed by atoms with E-state index in [1.807, 2.05) is 29.2 Å². The standard InChI is InChI=1S/C15H22N2O/c1-11(2)13-6-7-17(10-13)15(18)9-12-4-3-5-14(16)8-12/h3-5,8,11,13H,6-7,9-10,16H2,1-2H3. The van der Waals surface area contributed by atoms with Gasteiger partial charge in [-0.25, -0.2) is 0 Å². The Morgan fingerprint density at radius 2 is 2.28 bits per heavy atom. The lowest BCUT2D eigenvalue weighted by atomic mass is 9.95. The maximum Gasteiger partial charge on any atom is 0.227 e. The lowest BCUT2D eigenvalue weighted by Gasteiger charge is -2.18. The van der Waals surface area contributed by atoms with Gasteiger partial charge in [0, 0.05) is 18.8 Å². The molecule has 18 heavy (non-hydrogen) atoms. The molecule has 1 fully saturated rings. The molecule has 1 atom stereocenters. The van der Waals surface area contributed by atoms with Gasteiger partial charge < -0.3 is 10.6 Å². The van der Waals surface area contributed by atoms with Crippen LogP contribution in [0.3, 0.4) is 0 Å². The van der Waals surface area contributed by atoms with E-state index in [4.69, 9.17) is 5.73 Å². The van der Waals surface area contributed by atoms with Gasteiger partial charge in [-0.3, -0.25) is 4.79 Å². The monoisotopic (exact) mass is 246 g/mol. The molecule has 0 aliphatic carbocycles. The highest BCUT2D eigenvalue weighted by Gasteiger charge is 2.27. The van der Waals surface area contributed by atoms with Gasteiger partial charge in [-0.1, -0.05) is 26.0 Å². The van der Waals surface area contributed by atoms with Crippen molar-refractivity contribution in [2.45, 2.75) is 26.7 Å². The number of amides is 1. The molecule has 1 amide bonds. The Balaban J connectivity index is 1.93. The summed E-state index contributed by atoms with van der Waals surface area (Å²) in [5.41, 5.74) is 7.46. The number of rotatable bonds is 3. The number of hydrogen-bond donors (Lipinski definition) is 1. The molecule has 98 valence electrons. The third-order valence-corrected chi connectivity index (χ3v) is 3.83. The summed E-state index contributed by atoms with van der Waals surface area (Å²) in [4.78, 5) is 14.2. The Kier molecular flexibility index (Phi) is 3.90. The molecule has 1 saturated heterocycles. The number of likely N-dealkylation sites (tertiary alicyclic amines) is 1. The fourth-order valence-corrected chi connectivity index (χ4v) is 2.55. The van der Waals surface area contributed by atoms with E-state index in [0.29, 0.717) is 18.3 Å². The van der Waals surface area contributed by atoms with Crippen LogP contribution in [0.2, 0.25) is 0 Å². The van der Waals surface area contributed by atoms with Crippen LogP contribution < -0.4 is 5.73 Å². The molecule has 1 aliphatic rings. The van der Waals surface area contributed by atoms with Crippen LogP contribution in [0.4, 0.5) is 5.69 Å². The van der Waals surface area contributed by atoms with Crippen molar-refractivity contribution < 1.29 is 4.79 Å². The van der Waals surface area contributed by atoms with Crippen molar-refractivity contribution in [3.05, 3.63) is 29.8 Å². The molecule has 1 aliphatic heterocycles. The van der Waals surface area contributed by atoms with E-state index >= 15 is 0 Å². The highest BCUT2D eigenvalue weighted by Crippen LogP contribution is 2.24. The van der Waals surface area contributed by atoms with Crippen molar-refractivity contribution >= 4 is 11.6 Å². The zero-order chi connectivity index (χ0) is 13.1. The van der Waals surface area contributed by atoms with E-state index < -0.39 is 0 Å². The summed E-state index contributed by atoms with van der Waals surface area (Å²) in [6, 6.07) is 7.59. The number of nitrogen functional groups attached to an aromatic ring is 1. The van der Waals surface area contributed by atoms with E-state index in [2.05, 4.69) is 13.8 Å². The number of anilines is 1. The lowest BCUT2D eigenvalue weighted by Crippen LogP contribution is -2.30. The number of hydrogen-bond acceptors (Lipinski definition) is 2. The summed E-state index contributed by atoms with van der Waals surface area (Å²) in [6.45, 7) is 6.29. The molecule has 0 bridgehead atoms. The Morgan fingerprint density at radius 1 is 1.50 bits per heavy atom. The number of carbonyl (C=O) groups is 1. The molecule has 1 heterocycles. The zero-order valence-corrected chi connectivity index (χ0v) is 11.2. The summed E-state index contributed by atoms with van der Waals surface area (Å²) in [5.74, 6) is 1.55. The first-order valence-corrected chi connectivity index (χ1v) is 6.68. The molecule has 1 aromatic carbocycles. The highest BCUT2D eigenvalue weighted by atomic mass is 16.2. The van der Waals surface area contributed by atoms with Gasteiger partial charge in [-0.15, -0.1) is 0 Å². The van der Waals surface area contributed by atoms with E-state index in [1.165, 1.54) is 0 Å². The number of benzene rings is 1. The first-order valence-electron chi connectivity index (χ1n) is 6.68. The summed E-state index contributed by atoms with van der Waals surface area (Å²) in [6.07, 6.45) is 1.61. The Labute approximate surface area is 109 Å². The summed E-state index contributed by atoms with van der Waals surface area (Å²) >= 11 is 0. The van der Waals surface area contributed by atoms with Crippen molar-refractivity contribution in [1.82, 2.24) is 4.90 Å². The minimum atomic E-state index is 0.226. The molecule has 2 rings (SSSR count). The van der Waals surface area contributed by atoms with E-state index in [-0.39, 0.29) is 5.91 Å². The third kappa shape index (κ3) is 3.03. The smallest absolute Gasteiger partial charge is 0.227 e. The fraction of sp³-hybridized carbons (Fsp3) is 0.533. The maximum absolute atomic E-state index is 12.2. The van der Waals surface area contributed by atoms with Crippen molar-refractivity contribution in [3.8, 4) is 0 Å². The van der Waals surface area contributed by atoms with Gasteiger partial charge in [0.05, 0.1) is 6.42 Å². The topological polar surface area (TPSA) is 46.3 Å². The van der Waals surface area contributed by atoms with Gasteiger partial charge in [0.25, 0.3) is 0 Å². The molecule has 0 aromatic heterocycles. The highest BCUT2D eigenvalue weighted by molar-refractivity contribution is 5.79. The third-order valence-electron chi connectivity index (χ3n) is 3.83. The summed E-state index contributed by atoms with van der Waals surface area (Å²) in [7, 11) is 0. The second-order valence-electron chi connectivity index (χ2n) is 5.55. The van der Waals surface area contributed by atoms with Crippen LogP contribution in [-0.4, -0.2) is 23.9 Å². The minimum absolute atomic E-state index is 0.226. The molecular weight excluding hydrogens is 224 g/mol. The van der Waals surface area contributed by atoms with Crippen molar-refractivity contribution in [2.24, 2.45) is 11.8 Å². The fourth-order valence-electron chi connectivity index (χ4n) is 2.55. The maximum atomic E-state index is 12.2. The lowest BCUT2D eigenvalue weighted by molar-refractivity contribution is -0.129. The van der Waals surface area contributed by atoms with E-state index in [1.54, 1.807) is 0 Å². The molecule has 1 unspecified atom stereocenters. The molecule has 1 aromatic rings. The Morgan fingerprint density at radius 3 is 2.89 bits per heavy atom. The Bertz CT molecular complexity index is 428. The quantitative estimate of drug-likeness (QED) is 0.832. The van der Waals surface area contributed by atoms with Crippen molar-refractivity contribution in [2.75, 3.05) is 18.8 Å². The molecule has 3 nitrogen and oxygen atoms in total. The van der Waals surface area contributed by atoms with Crippen molar-refractivity contribution in [1.29, 1.82) is 0 Å². The van der Waals surface area contributed by atoms with Gasteiger partial charge in [0.15, 0.2) is 0 Å². The molecule has 2 N–H and O–H groups in total. The number of carbonyl (C=O) groups excluding carboxylic acids is 1. The van der Waals surface area contributed by atoms with Crippen LogP contribution in [0.5, 0.6) is 0 Å². The zero-order valence-electron chi connectivity index (χ0n) is 11.2. The molecule has 0 spiro atoms. The predicted molar refractivity (Wildman–Crippen MR) is 74.1 cm³/mol. The average Bonchev–Trinajstić information content (AvgIpc) is 2.78. The second kappa shape index (κ2) is 5.42. The SMILES string of the molecule is CC(C)C1CCN(C(=O)Cc2cccc(N)c2)C1. The van der Waals surface area contributed by atoms with Crippen LogP contribution in [-0.2, 0) is 11.2 Å². The normalized spacial score (nSPS) is 19.5. The summed E-state index contributed by atoms with van der Waals surface area (Å²) in [5, 5.41) is 0. The van der Waals surface area contributed by atoms with Gasteiger partial charge in [0.2, 0.25) is 5.91 Å². The average molecular weight is 246 g/mol. The molecular formula is C15H22N2O. The number of nitrogens with zero attached hydrogens (tertiary/aromatic N) is 1. The van der Waals surface area contributed by atoms with Crippen molar-refractivity contribution in [3.63, 3.8) is 0 Å². The largest absolute Gasteiger partial charge is 0.399 e.